The molecule has 0 radical (unpaired) electrons. The molecule has 0 saturated heterocycles. The van der Waals surface area contributed by atoms with E-state index in [0.717, 1.165) is 0 Å². The van der Waals surface area contributed by atoms with Crippen molar-refractivity contribution < 1.29 is 19.7 Å². The molecule has 3 rings (SSSR count). The Morgan fingerprint density at radius 3 is 2.62 bits per heavy atom. The summed E-state index contributed by atoms with van der Waals surface area (Å²) in [7, 11) is 0. The van der Waals surface area contributed by atoms with Gasteiger partial charge in [0.15, 0.2) is 6.10 Å². The Balaban J connectivity index is 1.93. The topological polar surface area (TPSA) is 103 Å². The van der Waals surface area contributed by atoms with Crippen LogP contribution in [-0.4, -0.2) is 27.8 Å². The van der Waals surface area contributed by atoms with Crippen molar-refractivity contribution in [2.75, 3.05) is 0 Å². The number of hydrogen-bond acceptors (Lipinski definition) is 5. The summed E-state index contributed by atoms with van der Waals surface area (Å²) in [6, 6.07) is 14.6. The molecule has 0 aromatic heterocycles. The van der Waals surface area contributed by atoms with Crippen LogP contribution in [0.4, 0.5) is 0 Å². The van der Waals surface area contributed by atoms with Crippen LogP contribution < -0.4 is 10.1 Å². The quantitative estimate of drug-likeness (QED) is 0.784. The zero-order valence-corrected chi connectivity index (χ0v) is 14.5. The second-order valence-electron chi connectivity index (χ2n) is 6.81. The van der Waals surface area contributed by atoms with Crippen molar-refractivity contribution in [1.29, 1.82) is 5.26 Å². The second kappa shape index (κ2) is 6.79. The monoisotopic (exact) mass is 352 g/mol. The minimum atomic E-state index is -1.36. The van der Waals surface area contributed by atoms with E-state index in [-0.39, 0.29) is 0 Å². The zero-order valence-electron chi connectivity index (χ0n) is 14.5. The number of aliphatic hydroxyl groups excluding tert-OH is 2. The number of benzene rings is 2. The summed E-state index contributed by atoms with van der Waals surface area (Å²) in [4.78, 5) is 12.6. The van der Waals surface area contributed by atoms with Crippen LogP contribution in [0.3, 0.4) is 0 Å². The van der Waals surface area contributed by atoms with Gasteiger partial charge in [0.25, 0.3) is 5.91 Å². The van der Waals surface area contributed by atoms with Gasteiger partial charge in [-0.3, -0.25) is 4.79 Å². The van der Waals surface area contributed by atoms with E-state index in [1.165, 1.54) is 0 Å². The lowest BCUT2D eigenvalue weighted by Gasteiger charge is -2.42. The first-order chi connectivity index (χ1) is 12.3. The van der Waals surface area contributed by atoms with Gasteiger partial charge in [0.1, 0.15) is 17.5 Å². The van der Waals surface area contributed by atoms with Crippen LogP contribution in [0.1, 0.15) is 42.7 Å². The number of carbonyl (C=O) groups is 1. The third-order valence-corrected chi connectivity index (χ3v) is 4.54. The van der Waals surface area contributed by atoms with E-state index in [1.54, 1.807) is 62.4 Å². The third kappa shape index (κ3) is 3.27. The second-order valence-corrected chi connectivity index (χ2v) is 6.81. The Morgan fingerprint density at radius 2 is 1.96 bits per heavy atom. The summed E-state index contributed by atoms with van der Waals surface area (Å²) in [5, 5.41) is 32.8. The van der Waals surface area contributed by atoms with Gasteiger partial charge in [0, 0.05) is 5.56 Å². The van der Waals surface area contributed by atoms with E-state index in [4.69, 9.17) is 10.00 Å². The Labute approximate surface area is 151 Å². The summed E-state index contributed by atoms with van der Waals surface area (Å²) in [6.45, 7) is 3.43. The summed E-state index contributed by atoms with van der Waals surface area (Å²) in [5.41, 5.74) is 0.403. The maximum atomic E-state index is 12.6. The number of aliphatic hydroxyl groups is 2. The molecule has 2 aromatic rings. The molecule has 6 heteroatoms. The number of nitrogens with zero attached hydrogens (tertiary/aromatic N) is 1. The standard InChI is InChI=1S/C20H20N2O4/c1-20(2)18(24)16(14-10-12(11-21)8-9-15(14)26-20)22-19(25)17(23)13-6-4-3-5-7-13/h3-10,16-18,23-24H,1-2H3,(H,22,25)/t16-,17-,18+/m1/s1. The number of carbonyl (C=O) groups excluding carboxylic acids is 1. The Morgan fingerprint density at radius 1 is 1.27 bits per heavy atom. The van der Waals surface area contributed by atoms with Crippen LogP contribution in [0.25, 0.3) is 0 Å². The Kier molecular flexibility index (Phi) is 4.68. The number of hydrogen-bond donors (Lipinski definition) is 3. The minimum Gasteiger partial charge on any atom is -0.485 e. The molecule has 26 heavy (non-hydrogen) atoms. The number of rotatable bonds is 3. The van der Waals surface area contributed by atoms with E-state index < -0.39 is 29.8 Å². The van der Waals surface area contributed by atoms with Crippen molar-refractivity contribution in [3.05, 3.63) is 65.2 Å². The smallest absolute Gasteiger partial charge is 0.254 e. The fourth-order valence-corrected chi connectivity index (χ4v) is 3.04. The summed E-state index contributed by atoms with van der Waals surface area (Å²) < 4.78 is 5.81. The lowest BCUT2D eigenvalue weighted by atomic mass is 9.85. The first-order valence-corrected chi connectivity index (χ1v) is 8.28. The average molecular weight is 352 g/mol. The highest BCUT2D eigenvalue weighted by atomic mass is 16.5. The van der Waals surface area contributed by atoms with Gasteiger partial charge in [-0.1, -0.05) is 30.3 Å². The maximum absolute atomic E-state index is 12.6. The first-order valence-electron chi connectivity index (χ1n) is 8.28. The SMILES string of the molecule is CC1(C)Oc2ccc(C#N)cc2[C@@H](NC(=O)[C@H](O)c2ccccc2)[C@@H]1O. The molecule has 0 fully saturated rings. The van der Waals surface area contributed by atoms with Gasteiger partial charge in [-0.15, -0.1) is 0 Å². The van der Waals surface area contributed by atoms with Crippen LogP contribution in [0.15, 0.2) is 48.5 Å². The maximum Gasteiger partial charge on any atom is 0.254 e. The zero-order chi connectivity index (χ0) is 18.9. The molecule has 0 saturated carbocycles. The van der Waals surface area contributed by atoms with E-state index in [1.807, 2.05) is 6.07 Å². The van der Waals surface area contributed by atoms with Crippen molar-refractivity contribution in [3.63, 3.8) is 0 Å². The number of ether oxygens (including phenoxy) is 1. The van der Waals surface area contributed by atoms with Gasteiger partial charge in [0.05, 0.1) is 17.7 Å². The van der Waals surface area contributed by atoms with Crippen molar-refractivity contribution in [2.45, 2.75) is 37.7 Å². The molecule has 1 heterocycles. The van der Waals surface area contributed by atoms with Crippen LogP contribution in [0.5, 0.6) is 5.75 Å². The third-order valence-electron chi connectivity index (χ3n) is 4.54. The number of nitrogens with one attached hydrogen (secondary N) is 1. The van der Waals surface area contributed by atoms with Gasteiger partial charge >= 0.3 is 0 Å². The lowest BCUT2D eigenvalue weighted by molar-refractivity contribution is -0.134. The van der Waals surface area contributed by atoms with Crippen molar-refractivity contribution in [3.8, 4) is 11.8 Å². The molecule has 1 aliphatic rings. The molecule has 3 atom stereocenters. The summed E-state index contributed by atoms with van der Waals surface area (Å²) >= 11 is 0. The minimum absolute atomic E-state index is 0.391. The lowest BCUT2D eigenvalue weighted by Crippen LogP contribution is -2.54. The van der Waals surface area contributed by atoms with Crippen molar-refractivity contribution >= 4 is 5.91 Å². The normalized spacial score (nSPS) is 21.7. The summed E-state index contributed by atoms with van der Waals surface area (Å²) in [6.07, 6.45) is -2.42. The number of nitriles is 1. The Bertz CT molecular complexity index is 858. The van der Waals surface area contributed by atoms with E-state index >= 15 is 0 Å². The highest BCUT2D eigenvalue weighted by Gasteiger charge is 2.44. The van der Waals surface area contributed by atoms with E-state index in [2.05, 4.69) is 5.32 Å². The predicted molar refractivity (Wildman–Crippen MR) is 94.2 cm³/mol. The average Bonchev–Trinajstić information content (AvgIpc) is 2.65. The molecular weight excluding hydrogens is 332 g/mol. The van der Waals surface area contributed by atoms with Crippen LogP contribution in [0, 0.1) is 11.3 Å². The van der Waals surface area contributed by atoms with E-state index in [9.17, 15) is 15.0 Å². The van der Waals surface area contributed by atoms with Crippen molar-refractivity contribution in [1.82, 2.24) is 5.32 Å². The molecular formula is C20H20N2O4. The first kappa shape index (κ1) is 17.9. The number of amides is 1. The molecule has 2 aromatic carbocycles. The fraction of sp³-hybridized carbons (Fsp3) is 0.300. The molecule has 0 bridgehead atoms. The molecule has 6 nitrogen and oxygen atoms in total. The molecule has 0 aliphatic carbocycles. The largest absolute Gasteiger partial charge is 0.485 e. The molecule has 1 amide bonds. The number of fused-ring (bicyclic) bond motifs is 1. The molecule has 0 unspecified atom stereocenters. The highest BCUT2D eigenvalue weighted by Crippen LogP contribution is 2.40. The molecule has 0 spiro atoms. The fourth-order valence-electron chi connectivity index (χ4n) is 3.04. The van der Waals surface area contributed by atoms with Crippen LogP contribution in [0.2, 0.25) is 0 Å². The van der Waals surface area contributed by atoms with Gasteiger partial charge in [-0.25, -0.2) is 0 Å². The van der Waals surface area contributed by atoms with Crippen LogP contribution >= 0.6 is 0 Å². The van der Waals surface area contributed by atoms with Crippen LogP contribution in [-0.2, 0) is 4.79 Å². The molecule has 3 N–H and O–H groups in total. The molecule has 1 aliphatic heterocycles. The van der Waals surface area contributed by atoms with Gasteiger partial charge in [0.2, 0.25) is 0 Å². The predicted octanol–water partition coefficient (Wildman–Crippen LogP) is 1.98. The Hall–Kier alpha value is -2.88. The molecule has 134 valence electrons. The van der Waals surface area contributed by atoms with Gasteiger partial charge < -0.3 is 20.3 Å². The summed E-state index contributed by atoms with van der Waals surface area (Å²) in [5.74, 6) is -0.148. The van der Waals surface area contributed by atoms with Gasteiger partial charge in [-0.2, -0.15) is 5.26 Å². The van der Waals surface area contributed by atoms with E-state index in [0.29, 0.717) is 22.4 Å². The van der Waals surface area contributed by atoms with Crippen molar-refractivity contribution in [2.24, 2.45) is 0 Å². The highest BCUT2D eigenvalue weighted by molar-refractivity contribution is 5.82. The van der Waals surface area contributed by atoms with Gasteiger partial charge in [-0.05, 0) is 37.6 Å².